The van der Waals surface area contributed by atoms with Crippen LogP contribution >= 0.6 is 11.3 Å². The van der Waals surface area contributed by atoms with Gasteiger partial charge in [-0.05, 0) is 31.7 Å². The summed E-state index contributed by atoms with van der Waals surface area (Å²) in [6.45, 7) is 2.29. The maximum atomic E-state index is 11.5. The molecule has 0 spiro atoms. The van der Waals surface area contributed by atoms with Gasteiger partial charge in [-0.2, -0.15) is 0 Å². The highest BCUT2D eigenvalue weighted by Gasteiger charge is 2.19. The number of esters is 1. The van der Waals surface area contributed by atoms with Gasteiger partial charge in [0.05, 0.1) is 12.2 Å². The second kappa shape index (κ2) is 5.48. The van der Waals surface area contributed by atoms with Crippen molar-refractivity contribution >= 4 is 17.3 Å². The summed E-state index contributed by atoms with van der Waals surface area (Å²) < 4.78 is 5.00. The van der Waals surface area contributed by atoms with Crippen molar-refractivity contribution in [2.75, 3.05) is 6.61 Å². The minimum absolute atomic E-state index is 0.180. The van der Waals surface area contributed by atoms with E-state index in [1.807, 2.05) is 18.4 Å². The van der Waals surface area contributed by atoms with Crippen molar-refractivity contribution in [1.82, 2.24) is 0 Å². The van der Waals surface area contributed by atoms with Gasteiger partial charge in [0, 0.05) is 10.3 Å². The van der Waals surface area contributed by atoms with E-state index in [4.69, 9.17) is 4.74 Å². The SMILES string of the molecule is CCOC(=O)c1csc(C2CCCCC2)c1. The normalized spacial score (nSPS) is 17.3. The Morgan fingerprint density at radius 3 is 2.88 bits per heavy atom. The number of thiophene rings is 1. The Labute approximate surface area is 101 Å². The summed E-state index contributed by atoms with van der Waals surface area (Å²) in [7, 11) is 0. The lowest BCUT2D eigenvalue weighted by Crippen LogP contribution is -2.04. The number of ether oxygens (including phenoxy) is 1. The van der Waals surface area contributed by atoms with Crippen molar-refractivity contribution in [2.45, 2.75) is 44.9 Å². The fraction of sp³-hybridized carbons (Fsp3) is 0.615. The van der Waals surface area contributed by atoms with E-state index in [1.165, 1.54) is 37.0 Å². The van der Waals surface area contributed by atoms with Gasteiger partial charge in [0.15, 0.2) is 0 Å². The van der Waals surface area contributed by atoms with Gasteiger partial charge in [-0.1, -0.05) is 19.3 Å². The third kappa shape index (κ3) is 2.64. The molecule has 1 fully saturated rings. The second-order valence-electron chi connectivity index (χ2n) is 4.29. The van der Waals surface area contributed by atoms with Crippen molar-refractivity contribution in [1.29, 1.82) is 0 Å². The molecular weight excluding hydrogens is 220 g/mol. The molecule has 1 aromatic rings. The number of carbonyl (C=O) groups excluding carboxylic acids is 1. The summed E-state index contributed by atoms with van der Waals surface area (Å²) in [6, 6.07) is 2.03. The molecule has 0 N–H and O–H groups in total. The fourth-order valence-electron chi connectivity index (χ4n) is 2.28. The summed E-state index contributed by atoms with van der Waals surface area (Å²) in [5.41, 5.74) is 0.729. The van der Waals surface area contributed by atoms with E-state index in [9.17, 15) is 4.79 Å². The molecule has 0 atom stereocenters. The van der Waals surface area contributed by atoms with Gasteiger partial charge in [-0.25, -0.2) is 4.79 Å². The van der Waals surface area contributed by atoms with E-state index in [-0.39, 0.29) is 5.97 Å². The molecule has 1 saturated carbocycles. The van der Waals surface area contributed by atoms with Crippen molar-refractivity contribution < 1.29 is 9.53 Å². The average molecular weight is 238 g/mol. The van der Waals surface area contributed by atoms with Crippen LogP contribution in [0.3, 0.4) is 0 Å². The Bertz CT molecular complexity index is 351. The standard InChI is InChI=1S/C13H18O2S/c1-2-15-13(14)11-8-12(16-9-11)10-6-4-3-5-7-10/h8-10H,2-7H2,1H3. The molecule has 0 radical (unpaired) electrons. The van der Waals surface area contributed by atoms with E-state index in [0.717, 1.165) is 5.56 Å². The predicted octanol–water partition coefficient (Wildman–Crippen LogP) is 3.97. The first-order valence-corrected chi connectivity index (χ1v) is 6.94. The summed E-state index contributed by atoms with van der Waals surface area (Å²) in [5, 5.41) is 1.93. The molecule has 0 bridgehead atoms. The van der Waals surface area contributed by atoms with Gasteiger partial charge >= 0.3 is 5.97 Å². The first-order chi connectivity index (χ1) is 7.81. The highest BCUT2D eigenvalue weighted by molar-refractivity contribution is 7.10. The molecule has 16 heavy (non-hydrogen) atoms. The van der Waals surface area contributed by atoms with Crippen LogP contribution in [0.5, 0.6) is 0 Å². The smallest absolute Gasteiger partial charge is 0.338 e. The van der Waals surface area contributed by atoms with Crippen molar-refractivity contribution in [3.63, 3.8) is 0 Å². The van der Waals surface area contributed by atoms with Crippen LogP contribution in [-0.4, -0.2) is 12.6 Å². The van der Waals surface area contributed by atoms with E-state index in [1.54, 1.807) is 11.3 Å². The molecule has 1 aromatic heterocycles. The zero-order chi connectivity index (χ0) is 11.4. The Balaban J connectivity index is 2.03. The van der Waals surface area contributed by atoms with Crippen LogP contribution in [-0.2, 0) is 4.74 Å². The highest BCUT2D eigenvalue weighted by atomic mass is 32.1. The van der Waals surface area contributed by atoms with Crippen LogP contribution < -0.4 is 0 Å². The third-order valence-corrected chi connectivity index (χ3v) is 4.23. The van der Waals surface area contributed by atoms with Crippen LogP contribution in [0, 0.1) is 0 Å². The molecule has 1 aliphatic rings. The minimum Gasteiger partial charge on any atom is -0.462 e. The summed E-state index contributed by atoms with van der Waals surface area (Å²) in [4.78, 5) is 12.9. The van der Waals surface area contributed by atoms with Gasteiger partial charge in [0.25, 0.3) is 0 Å². The zero-order valence-electron chi connectivity index (χ0n) is 9.70. The van der Waals surface area contributed by atoms with Gasteiger partial charge in [0.1, 0.15) is 0 Å². The predicted molar refractivity (Wildman–Crippen MR) is 66.1 cm³/mol. The molecule has 0 aliphatic heterocycles. The quantitative estimate of drug-likeness (QED) is 0.745. The molecule has 2 nitrogen and oxygen atoms in total. The van der Waals surface area contributed by atoms with Crippen LogP contribution in [0.4, 0.5) is 0 Å². The van der Waals surface area contributed by atoms with Crippen molar-refractivity contribution in [3.05, 3.63) is 21.9 Å². The molecule has 1 heterocycles. The molecule has 2 rings (SSSR count). The first kappa shape index (κ1) is 11.6. The monoisotopic (exact) mass is 238 g/mol. The van der Waals surface area contributed by atoms with Gasteiger partial charge in [-0.15, -0.1) is 11.3 Å². The highest BCUT2D eigenvalue weighted by Crippen LogP contribution is 2.35. The van der Waals surface area contributed by atoms with Gasteiger partial charge in [-0.3, -0.25) is 0 Å². The van der Waals surface area contributed by atoms with E-state index in [2.05, 4.69) is 0 Å². The fourth-order valence-corrected chi connectivity index (χ4v) is 3.33. The zero-order valence-corrected chi connectivity index (χ0v) is 10.5. The molecule has 3 heteroatoms. The lowest BCUT2D eigenvalue weighted by molar-refractivity contribution is 0.0527. The van der Waals surface area contributed by atoms with Crippen molar-refractivity contribution in [3.8, 4) is 0 Å². The molecule has 0 amide bonds. The minimum atomic E-state index is -0.180. The summed E-state index contributed by atoms with van der Waals surface area (Å²) >= 11 is 1.71. The third-order valence-electron chi connectivity index (χ3n) is 3.14. The van der Waals surface area contributed by atoms with Gasteiger partial charge < -0.3 is 4.74 Å². The molecule has 0 saturated heterocycles. The maximum Gasteiger partial charge on any atom is 0.338 e. The Hall–Kier alpha value is -0.830. The van der Waals surface area contributed by atoms with E-state index in [0.29, 0.717) is 12.5 Å². The Morgan fingerprint density at radius 1 is 1.44 bits per heavy atom. The van der Waals surface area contributed by atoms with Crippen LogP contribution in [0.15, 0.2) is 11.4 Å². The maximum absolute atomic E-state index is 11.5. The molecule has 0 unspecified atom stereocenters. The first-order valence-electron chi connectivity index (χ1n) is 6.07. The number of carbonyl (C=O) groups is 1. The summed E-state index contributed by atoms with van der Waals surface area (Å²) in [5.74, 6) is 0.503. The average Bonchev–Trinajstić information content (AvgIpc) is 2.80. The molecule has 1 aliphatic carbocycles. The lowest BCUT2D eigenvalue weighted by atomic mass is 9.88. The largest absolute Gasteiger partial charge is 0.462 e. The molecular formula is C13H18O2S. The second-order valence-corrected chi connectivity index (χ2v) is 5.24. The molecule has 0 aromatic carbocycles. The van der Waals surface area contributed by atoms with E-state index < -0.39 is 0 Å². The topological polar surface area (TPSA) is 26.3 Å². The Kier molecular flexibility index (Phi) is 3.99. The van der Waals surface area contributed by atoms with Crippen LogP contribution in [0.2, 0.25) is 0 Å². The van der Waals surface area contributed by atoms with Crippen molar-refractivity contribution in [2.24, 2.45) is 0 Å². The number of hydrogen-bond donors (Lipinski definition) is 0. The lowest BCUT2D eigenvalue weighted by Gasteiger charge is -2.19. The molecule has 88 valence electrons. The number of rotatable bonds is 3. The van der Waals surface area contributed by atoms with E-state index >= 15 is 0 Å². The van der Waals surface area contributed by atoms with Crippen LogP contribution in [0.25, 0.3) is 0 Å². The number of hydrogen-bond acceptors (Lipinski definition) is 3. The Morgan fingerprint density at radius 2 is 2.19 bits per heavy atom. The van der Waals surface area contributed by atoms with Crippen LogP contribution in [0.1, 0.15) is 60.2 Å². The van der Waals surface area contributed by atoms with Gasteiger partial charge in [0.2, 0.25) is 0 Å². The summed E-state index contributed by atoms with van der Waals surface area (Å²) in [6.07, 6.45) is 6.59.